The normalized spacial score (nSPS) is 11.1. The first-order valence-electron chi connectivity index (χ1n) is 11.3. The zero-order valence-corrected chi connectivity index (χ0v) is 21.1. The molecular weight excluding hydrogens is 520 g/mol. The van der Waals surface area contributed by atoms with E-state index in [0.29, 0.717) is 40.4 Å². The first kappa shape index (κ1) is 24.8. The predicted molar refractivity (Wildman–Crippen MR) is 144 cm³/mol. The summed E-state index contributed by atoms with van der Waals surface area (Å²) in [6, 6.07) is 25.8. The van der Waals surface area contributed by atoms with Crippen LogP contribution in [0.15, 0.2) is 88.9 Å². The van der Waals surface area contributed by atoms with Gasteiger partial charge in [-0.25, -0.2) is 0 Å². The number of anilines is 1. The van der Waals surface area contributed by atoms with Crippen LogP contribution in [0.25, 0.3) is 16.8 Å². The van der Waals surface area contributed by atoms with Crippen LogP contribution in [0.1, 0.15) is 18.1 Å². The minimum absolute atomic E-state index is 0.0812. The Kier molecular flexibility index (Phi) is 7.89. The molecule has 0 spiro atoms. The van der Waals surface area contributed by atoms with Crippen LogP contribution in [0.4, 0.5) is 5.69 Å². The van der Waals surface area contributed by atoms with Gasteiger partial charge in [0.25, 0.3) is 5.91 Å². The zero-order chi connectivity index (χ0) is 25.5. The number of carbonyl (C=O) groups excluding carboxylic acids is 1. The number of rotatable bonds is 8. The van der Waals surface area contributed by atoms with Crippen LogP contribution in [-0.4, -0.2) is 17.6 Å². The number of carbonyl (C=O) groups is 1. The van der Waals surface area contributed by atoms with Gasteiger partial charge in [0, 0.05) is 5.69 Å². The molecule has 1 amide bonds. The standard InChI is InChI=1S/C29H23BrN2O4/c1-2-35-27-16-20(14-23(17-31)29(34)32-24-9-11-25(33)12-10-24)15-26(30)28(27)36-18-19-7-8-21-5-3-4-6-22(21)13-19/h3-16,33H,2,18H2,1H3,(H,32,34)/b23-14+. The highest BCUT2D eigenvalue weighted by Crippen LogP contribution is 2.38. The summed E-state index contributed by atoms with van der Waals surface area (Å²) in [5.74, 6) is 0.554. The maximum Gasteiger partial charge on any atom is 0.266 e. The lowest BCUT2D eigenvalue weighted by Crippen LogP contribution is -2.13. The van der Waals surface area contributed by atoms with Crippen LogP contribution in [0, 0.1) is 11.3 Å². The van der Waals surface area contributed by atoms with E-state index in [-0.39, 0.29) is 11.3 Å². The van der Waals surface area contributed by atoms with Crippen molar-refractivity contribution in [3.63, 3.8) is 0 Å². The topological polar surface area (TPSA) is 91.6 Å². The number of benzene rings is 4. The first-order chi connectivity index (χ1) is 17.5. The third-order valence-corrected chi connectivity index (χ3v) is 5.92. The Morgan fingerprint density at radius 1 is 1.03 bits per heavy atom. The molecule has 7 heteroatoms. The van der Waals surface area contributed by atoms with E-state index in [9.17, 15) is 15.2 Å². The summed E-state index contributed by atoms with van der Waals surface area (Å²) < 4.78 is 12.6. The van der Waals surface area contributed by atoms with E-state index in [1.54, 1.807) is 24.3 Å². The van der Waals surface area contributed by atoms with Gasteiger partial charge in [-0.3, -0.25) is 4.79 Å². The molecule has 0 bridgehead atoms. The van der Waals surface area contributed by atoms with Crippen molar-refractivity contribution in [1.82, 2.24) is 0 Å². The van der Waals surface area contributed by atoms with Crippen LogP contribution in [0.2, 0.25) is 0 Å². The van der Waals surface area contributed by atoms with Gasteiger partial charge >= 0.3 is 0 Å². The van der Waals surface area contributed by atoms with E-state index in [2.05, 4.69) is 45.5 Å². The number of ether oxygens (including phenoxy) is 2. The molecule has 0 unspecified atom stereocenters. The number of nitriles is 1. The molecule has 0 saturated carbocycles. The van der Waals surface area contributed by atoms with Gasteiger partial charge in [0.1, 0.15) is 24.0 Å². The number of hydrogen-bond donors (Lipinski definition) is 2. The molecule has 0 radical (unpaired) electrons. The number of nitrogens with one attached hydrogen (secondary N) is 1. The van der Waals surface area contributed by atoms with Crippen molar-refractivity contribution in [3.05, 3.63) is 100 Å². The molecule has 2 N–H and O–H groups in total. The number of phenolic OH excluding ortho intramolecular Hbond substituents is 1. The Morgan fingerprint density at radius 2 is 1.78 bits per heavy atom. The molecule has 4 aromatic carbocycles. The van der Waals surface area contributed by atoms with Crippen LogP contribution < -0.4 is 14.8 Å². The fourth-order valence-corrected chi connectivity index (χ4v) is 4.19. The van der Waals surface area contributed by atoms with E-state index < -0.39 is 5.91 Å². The minimum atomic E-state index is -0.561. The van der Waals surface area contributed by atoms with E-state index in [0.717, 1.165) is 16.3 Å². The van der Waals surface area contributed by atoms with Gasteiger partial charge in [0.15, 0.2) is 11.5 Å². The van der Waals surface area contributed by atoms with Gasteiger partial charge in [-0.15, -0.1) is 0 Å². The summed E-state index contributed by atoms with van der Waals surface area (Å²) in [4.78, 5) is 12.6. The van der Waals surface area contributed by atoms with E-state index in [4.69, 9.17) is 9.47 Å². The minimum Gasteiger partial charge on any atom is -0.508 e. The van der Waals surface area contributed by atoms with Crippen molar-refractivity contribution in [1.29, 1.82) is 5.26 Å². The molecule has 36 heavy (non-hydrogen) atoms. The largest absolute Gasteiger partial charge is 0.508 e. The molecule has 0 heterocycles. The number of halogens is 1. The van der Waals surface area contributed by atoms with E-state index >= 15 is 0 Å². The van der Waals surface area contributed by atoms with E-state index in [1.165, 1.54) is 18.2 Å². The fourth-order valence-electron chi connectivity index (χ4n) is 3.62. The molecule has 0 saturated heterocycles. The number of hydrogen-bond acceptors (Lipinski definition) is 5. The van der Waals surface area contributed by atoms with E-state index in [1.807, 2.05) is 31.2 Å². The Hall–Kier alpha value is -4.28. The van der Waals surface area contributed by atoms with Gasteiger partial charge in [0.2, 0.25) is 0 Å². The number of nitrogens with zero attached hydrogens (tertiary/aromatic N) is 1. The van der Waals surface area contributed by atoms with Crippen LogP contribution in [0.5, 0.6) is 17.2 Å². The van der Waals surface area contributed by atoms with Gasteiger partial charge in [-0.05, 0) is 93.3 Å². The maximum atomic E-state index is 12.6. The lowest BCUT2D eigenvalue weighted by atomic mass is 10.1. The molecule has 0 aromatic heterocycles. The monoisotopic (exact) mass is 542 g/mol. The molecule has 0 aliphatic carbocycles. The zero-order valence-electron chi connectivity index (χ0n) is 19.5. The second kappa shape index (κ2) is 11.4. The predicted octanol–water partition coefficient (Wildman–Crippen LogP) is 6.83. The van der Waals surface area contributed by atoms with Gasteiger partial charge in [0.05, 0.1) is 11.1 Å². The molecule has 4 rings (SSSR count). The summed E-state index contributed by atoms with van der Waals surface area (Å²) in [7, 11) is 0. The molecule has 180 valence electrons. The van der Waals surface area contributed by atoms with Crippen molar-refractivity contribution in [2.75, 3.05) is 11.9 Å². The first-order valence-corrected chi connectivity index (χ1v) is 12.0. The lowest BCUT2D eigenvalue weighted by Gasteiger charge is -2.15. The summed E-state index contributed by atoms with van der Waals surface area (Å²) in [6.45, 7) is 2.63. The van der Waals surface area contributed by atoms with Crippen molar-refractivity contribution in [2.45, 2.75) is 13.5 Å². The molecule has 4 aromatic rings. The Balaban J connectivity index is 1.56. The summed E-state index contributed by atoms with van der Waals surface area (Å²) in [5, 5.41) is 23.9. The smallest absolute Gasteiger partial charge is 0.266 e. The quantitative estimate of drug-likeness (QED) is 0.144. The second-order valence-electron chi connectivity index (χ2n) is 7.90. The number of amides is 1. The third-order valence-electron chi connectivity index (χ3n) is 5.33. The van der Waals surface area contributed by atoms with Crippen molar-refractivity contribution in [3.8, 4) is 23.3 Å². The lowest BCUT2D eigenvalue weighted by molar-refractivity contribution is -0.112. The SMILES string of the molecule is CCOc1cc(/C=C(\C#N)C(=O)Nc2ccc(O)cc2)cc(Br)c1OCc1ccc2ccccc2c1. The third kappa shape index (κ3) is 6.04. The van der Waals surface area contributed by atoms with Crippen LogP contribution in [0.3, 0.4) is 0 Å². The fraction of sp³-hybridized carbons (Fsp3) is 0.103. The maximum absolute atomic E-state index is 12.6. The van der Waals surface area contributed by atoms with Gasteiger partial charge < -0.3 is 19.9 Å². The van der Waals surface area contributed by atoms with Crippen molar-refractivity contribution < 1.29 is 19.4 Å². The van der Waals surface area contributed by atoms with Crippen molar-refractivity contribution in [2.24, 2.45) is 0 Å². The Labute approximate surface area is 217 Å². The number of aromatic hydroxyl groups is 1. The summed E-state index contributed by atoms with van der Waals surface area (Å²) in [5.41, 5.74) is 2.00. The second-order valence-corrected chi connectivity index (χ2v) is 8.76. The van der Waals surface area contributed by atoms with Crippen LogP contribution in [-0.2, 0) is 11.4 Å². The van der Waals surface area contributed by atoms with Crippen molar-refractivity contribution >= 4 is 44.4 Å². The van der Waals surface area contributed by atoms with Gasteiger partial charge in [-0.2, -0.15) is 5.26 Å². The average molecular weight is 543 g/mol. The highest BCUT2D eigenvalue weighted by Gasteiger charge is 2.15. The average Bonchev–Trinajstić information content (AvgIpc) is 2.88. The molecule has 0 aliphatic heterocycles. The summed E-state index contributed by atoms with van der Waals surface area (Å²) >= 11 is 3.55. The molecule has 0 aliphatic rings. The molecular formula is C29H23BrN2O4. The Bertz CT molecular complexity index is 1470. The highest BCUT2D eigenvalue weighted by atomic mass is 79.9. The van der Waals surface area contributed by atoms with Gasteiger partial charge in [-0.1, -0.05) is 36.4 Å². The van der Waals surface area contributed by atoms with Crippen LogP contribution >= 0.6 is 15.9 Å². The highest BCUT2D eigenvalue weighted by molar-refractivity contribution is 9.10. The molecule has 6 nitrogen and oxygen atoms in total. The number of fused-ring (bicyclic) bond motifs is 1. The Morgan fingerprint density at radius 3 is 2.50 bits per heavy atom. The number of phenols is 1. The summed E-state index contributed by atoms with van der Waals surface area (Å²) in [6.07, 6.45) is 1.48. The molecule has 0 atom stereocenters. The molecule has 0 fully saturated rings.